The molecule has 1 N–H and O–H groups in total. The van der Waals surface area contributed by atoms with E-state index in [0.29, 0.717) is 0 Å². The Labute approximate surface area is 115 Å². The van der Waals surface area contributed by atoms with Crippen molar-refractivity contribution in [2.24, 2.45) is 0 Å². The summed E-state index contributed by atoms with van der Waals surface area (Å²) in [5.41, 5.74) is 2.69. The van der Waals surface area contributed by atoms with Crippen LogP contribution in [0.25, 0.3) is 10.8 Å². The average Bonchev–Trinajstić information content (AvgIpc) is 2.42. The molecule has 2 heteroatoms. The van der Waals surface area contributed by atoms with Crippen LogP contribution in [0, 0.1) is 6.92 Å². The smallest absolute Gasteiger partial charge is 0.0443 e. The molecular formula is C17H23NO. The van der Waals surface area contributed by atoms with Gasteiger partial charge in [-0.2, -0.15) is 0 Å². The van der Waals surface area contributed by atoms with Crippen LogP contribution in [0.3, 0.4) is 0 Å². The van der Waals surface area contributed by atoms with Gasteiger partial charge in [0.1, 0.15) is 0 Å². The monoisotopic (exact) mass is 257 g/mol. The van der Waals surface area contributed by atoms with E-state index in [4.69, 9.17) is 5.11 Å². The van der Waals surface area contributed by atoms with Crippen molar-refractivity contribution in [3.05, 3.63) is 47.5 Å². The third-order valence-electron chi connectivity index (χ3n) is 3.54. The summed E-state index contributed by atoms with van der Waals surface area (Å²) in [5.74, 6) is 0. The van der Waals surface area contributed by atoms with Gasteiger partial charge in [0.25, 0.3) is 0 Å². The lowest BCUT2D eigenvalue weighted by Crippen LogP contribution is -2.23. The van der Waals surface area contributed by atoms with Gasteiger partial charge in [-0.25, -0.2) is 0 Å². The molecule has 2 nitrogen and oxygen atoms in total. The standard InChI is InChI=1S/C17H23NO/c1-14-4-6-17-13-15(5-7-16(17)12-14)8-10-18(2)9-3-11-19/h4-7,12-13,19H,3,8-11H2,1-2H3. The highest BCUT2D eigenvalue weighted by molar-refractivity contribution is 5.83. The maximum Gasteiger partial charge on any atom is 0.0443 e. The predicted molar refractivity (Wildman–Crippen MR) is 81.6 cm³/mol. The Hall–Kier alpha value is -1.38. The van der Waals surface area contributed by atoms with E-state index in [9.17, 15) is 0 Å². The second-order valence-corrected chi connectivity index (χ2v) is 5.32. The summed E-state index contributed by atoms with van der Waals surface area (Å²) in [7, 11) is 2.11. The van der Waals surface area contributed by atoms with Gasteiger partial charge < -0.3 is 10.0 Å². The summed E-state index contributed by atoms with van der Waals surface area (Å²) >= 11 is 0. The summed E-state index contributed by atoms with van der Waals surface area (Å²) in [4.78, 5) is 2.27. The molecule has 102 valence electrons. The van der Waals surface area contributed by atoms with Crippen molar-refractivity contribution in [1.82, 2.24) is 4.90 Å². The highest BCUT2D eigenvalue weighted by atomic mass is 16.3. The lowest BCUT2D eigenvalue weighted by atomic mass is 10.0. The van der Waals surface area contributed by atoms with Crippen LogP contribution in [0.15, 0.2) is 36.4 Å². The second kappa shape index (κ2) is 6.69. The summed E-state index contributed by atoms with van der Waals surface area (Å²) in [6.45, 7) is 4.41. The fourth-order valence-corrected chi connectivity index (χ4v) is 2.34. The number of rotatable bonds is 6. The minimum absolute atomic E-state index is 0.277. The molecule has 0 saturated carbocycles. The SMILES string of the molecule is Cc1ccc2cc(CCN(C)CCCO)ccc2c1. The summed E-state index contributed by atoms with van der Waals surface area (Å²) in [6.07, 6.45) is 1.92. The summed E-state index contributed by atoms with van der Waals surface area (Å²) in [5, 5.41) is 11.5. The maximum absolute atomic E-state index is 8.81. The normalized spacial score (nSPS) is 11.4. The molecule has 0 bridgehead atoms. The van der Waals surface area contributed by atoms with Gasteiger partial charge in [0.05, 0.1) is 0 Å². The third-order valence-corrected chi connectivity index (χ3v) is 3.54. The number of hydrogen-bond acceptors (Lipinski definition) is 2. The molecule has 0 unspecified atom stereocenters. The minimum atomic E-state index is 0.277. The topological polar surface area (TPSA) is 23.5 Å². The van der Waals surface area contributed by atoms with Gasteiger partial charge in [-0.3, -0.25) is 0 Å². The van der Waals surface area contributed by atoms with Crippen LogP contribution in [0.5, 0.6) is 0 Å². The molecule has 0 aromatic heterocycles. The average molecular weight is 257 g/mol. The Bertz CT molecular complexity index is 536. The van der Waals surface area contributed by atoms with Gasteiger partial charge in [-0.1, -0.05) is 42.0 Å². The number of fused-ring (bicyclic) bond motifs is 1. The van der Waals surface area contributed by atoms with Crippen LogP contribution in [0.2, 0.25) is 0 Å². The van der Waals surface area contributed by atoms with E-state index >= 15 is 0 Å². The van der Waals surface area contributed by atoms with Crippen LogP contribution in [-0.4, -0.2) is 36.8 Å². The van der Waals surface area contributed by atoms with E-state index < -0.39 is 0 Å². The molecule has 0 aliphatic carbocycles. The predicted octanol–water partition coefficient (Wildman–Crippen LogP) is 3.00. The van der Waals surface area contributed by atoms with Gasteiger partial charge in [-0.05, 0) is 43.1 Å². The number of benzene rings is 2. The Morgan fingerprint density at radius 3 is 2.53 bits per heavy atom. The van der Waals surface area contributed by atoms with Crippen molar-refractivity contribution in [3.63, 3.8) is 0 Å². The van der Waals surface area contributed by atoms with Crippen molar-refractivity contribution < 1.29 is 5.11 Å². The van der Waals surface area contributed by atoms with E-state index in [2.05, 4.69) is 55.3 Å². The van der Waals surface area contributed by atoms with Crippen molar-refractivity contribution in [2.75, 3.05) is 26.7 Å². The van der Waals surface area contributed by atoms with Gasteiger partial charge in [0.2, 0.25) is 0 Å². The molecule has 0 radical (unpaired) electrons. The van der Waals surface area contributed by atoms with Crippen LogP contribution in [-0.2, 0) is 6.42 Å². The number of aliphatic hydroxyl groups excluding tert-OH is 1. The highest BCUT2D eigenvalue weighted by Gasteiger charge is 2.01. The highest BCUT2D eigenvalue weighted by Crippen LogP contribution is 2.18. The largest absolute Gasteiger partial charge is 0.396 e. The number of hydrogen-bond donors (Lipinski definition) is 1. The number of aliphatic hydroxyl groups is 1. The van der Waals surface area contributed by atoms with Crippen LogP contribution < -0.4 is 0 Å². The van der Waals surface area contributed by atoms with Gasteiger partial charge in [0.15, 0.2) is 0 Å². The van der Waals surface area contributed by atoms with E-state index in [-0.39, 0.29) is 6.61 Å². The molecule has 0 atom stereocenters. The fourth-order valence-electron chi connectivity index (χ4n) is 2.34. The number of nitrogens with zero attached hydrogens (tertiary/aromatic N) is 1. The molecular weight excluding hydrogens is 234 g/mol. The summed E-state index contributed by atoms with van der Waals surface area (Å²) < 4.78 is 0. The first-order valence-electron chi connectivity index (χ1n) is 6.98. The van der Waals surface area contributed by atoms with Crippen molar-refractivity contribution in [2.45, 2.75) is 19.8 Å². The Morgan fingerprint density at radius 1 is 1.00 bits per heavy atom. The van der Waals surface area contributed by atoms with E-state index in [1.807, 2.05) is 0 Å². The van der Waals surface area contributed by atoms with Gasteiger partial charge in [0, 0.05) is 19.7 Å². The number of aryl methyl sites for hydroxylation is 1. The van der Waals surface area contributed by atoms with Crippen molar-refractivity contribution in [1.29, 1.82) is 0 Å². The lowest BCUT2D eigenvalue weighted by Gasteiger charge is -2.15. The molecule has 2 rings (SSSR count). The van der Waals surface area contributed by atoms with Crippen molar-refractivity contribution >= 4 is 10.8 Å². The molecule has 0 heterocycles. The second-order valence-electron chi connectivity index (χ2n) is 5.32. The molecule has 0 saturated heterocycles. The summed E-state index contributed by atoms with van der Waals surface area (Å²) in [6, 6.07) is 13.3. The van der Waals surface area contributed by atoms with Crippen LogP contribution >= 0.6 is 0 Å². The Kier molecular flexibility index (Phi) is 4.94. The molecule has 2 aromatic rings. The zero-order chi connectivity index (χ0) is 13.7. The first-order valence-corrected chi connectivity index (χ1v) is 6.98. The Balaban J connectivity index is 1.99. The maximum atomic E-state index is 8.81. The molecule has 0 fully saturated rings. The van der Waals surface area contributed by atoms with Crippen LogP contribution in [0.1, 0.15) is 17.5 Å². The Morgan fingerprint density at radius 2 is 1.74 bits per heavy atom. The molecule has 0 spiro atoms. The first-order chi connectivity index (χ1) is 9.19. The van der Waals surface area contributed by atoms with Crippen molar-refractivity contribution in [3.8, 4) is 0 Å². The van der Waals surface area contributed by atoms with Gasteiger partial charge in [-0.15, -0.1) is 0 Å². The van der Waals surface area contributed by atoms with Gasteiger partial charge >= 0.3 is 0 Å². The fraction of sp³-hybridized carbons (Fsp3) is 0.412. The first kappa shape index (κ1) is 14.0. The molecule has 2 aromatic carbocycles. The van der Waals surface area contributed by atoms with Crippen LogP contribution in [0.4, 0.5) is 0 Å². The zero-order valence-corrected chi connectivity index (χ0v) is 11.9. The minimum Gasteiger partial charge on any atom is -0.396 e. The molecule has 0 aliphatic heterocycles. The van der Waals surface area contributed by atoms with E-state index in [1.54, 1.807) is 0 Å². The quantitative estimate of drug-likeness (QED) is 0.860. The third kappa shape index (κ3) is 4.05. The van der Waals surface area contributed by atoms with E-state index in [0.717, 1.165) is 25.9 Å². The molecule has 0 amide bonds. The number of likely N-dealkylation sites (N-methyl/N-ethyl adjacent to an activating group) is 1. The molecule has 0 aliphatic rings. The molecule has 19 heavy (non-hydrogen) atoms. The van der Waals surface area contributed by atoms with E-state index in [1.165, 1.54) is 21.9 Å². The lowest BCUT2D eigenvalue weighted by molar-refractivity contribution is 0.248. The zero-order valence-electron chi connectivity index (χ0n) is 11.9.